The number of halogens is 1. The summed E-state index contributed by atoms with van der Waals surface area (Å²) in [5, 5.41) is 0. The summed E-state index contributed by atoms with van der Waals surface area (Å²) in [6.07, 6.45) is -0.128. The number of morpholine rings is 1. The lowest BCUT2D eigenvalue weighted by atomic mass is 10.1. The van der Waals surface area contributed by atoms with Gasteiger partial charge in [0.1, 0.15) is 5.82 Å². The first kappa shape index (κ1) is 20.3. The van der Waals surface area contributed by atoms with Gasteiger partial charge in [0.15, 0.2) is 0 Å². The van der Waals surface area contributed by atoms with Crippen LogP contribution in [-0.2, 0) is 14.8 Å². The average Bonchev–Trinajstić information content (AvgIpc) is 2.62. The lowest BCUT2D eigenvalue weighted by Gasteiger charge is -2.35. The van der Waals surface area contributed by atoms with Crippen molar-refractivity contribution in [2.75, 3.05) is 17.8 Å². The van der Waals surface area contributed by atoms with Crippen molar-refractivity contribution in [3.05, 3.63) is 59.4 Å². The zero-order valence-electron chi connectivity index (χ0n) is 16.0. The van der Waals surface area contributed by atoms with Gasteiger partial charge in [0.25, 0.3) is 15.9 Å². The summed E-state index contributed by atoms with van der Waals surface area (Å²) in [5.41, 5.74) is 0.971. The Labute approximate surface area is 164 Å². The topological polar surface area (TPSA) is 75.7 Å². The standard InChI is InChI=1S/C20H23FN2O4S/c1-13-7-8-18(10-19(13)21)28(25,26)22-17-6-4-5-16(9-17)20(24)23-11-14(2)27-15(3)12-23/h4-10,14-15,22H,11-12H2,1-3H3. The van der Waals surface area contributed by atoms with Gasteiger partial charge < -0.3 is 9.64 Å². The van der Waals surface area contributed by atoms with E-state index in [0.29, 0.717) is 24.2 Å². The van der Waals surface area contributed by atoms with Crippen molar-refractivity contribution in [3.8, 4) is 0 Å². The zero-order valence-corrected chi connectivity index (χ0v) is 16.8. The van der Waals surface area contributed by atoms with Gasteiger partial charge in [0, 0.05) is 24.3 Å². The maximum Gasteiger partial charge on any atom is 0.261 e. The van der Waals surface area contributed by atoms with E-state index >= 15 is 0 Å². The summed E-state index contributed by atoms with van der Waals surface area (Å²) in [6.45, 7) is 6.31. The number of hydrogen-bond donors (Lipinski definition) is 1. The number of carbonyl (C=O) groups excluding carboxylic acids is 1. The molecule has 150 valence electrons. The van der Waals surface area contributed by atoms with Gasteiger partial charge in [0.05, 0.1) is 17.1 Å². The predicted octanol–water partition coefficient (Wildman–Crippen LogP) is 3.18. The Balaban J connectivity index is 1.81. The van der Waals surface area contributed by atoms with E-state index in [1.165, 1.54) is 18.2 Å². The van der Waals surface area contributed by atoms with Crippen LogP contribution in [0.25, 0.3) is 0 Å². The summed E-state index contributed by atoms with van der Waals surface area (Å²) >= 11 is 0. The molecule has 1 aliphatic rings. The molecule has 2 aromatic carbocycles. The number of nitrogens with one attached hydrogen (secondary N) is 1. The van der Waals surface area contributed by atoms with E-state index in [9.17, 15) is 17.6 Å². The molecule has 28 heavy (non-hydrogen) atoms. The Morgan fingerprint density at radius 3 is 2.46 bits per heavy atom. The molecule has 6 nitrogen and oxygen atoms in total. The Morgan fingerprint density at radius 2 is 1.82 bits per heavy atom. The second-order valence-corrected chi connectivity index (χ2v) is 8.75. The maximum absolute atomic E-state index is 13.7. The van der Waals surface area contributed by atoms with Crippen molar-refractivity contribution >= 4 is 21.6 Å². The molecule has 2 aromatic rings. The number of ether oxygens (including phenoxy) is 1. The van der Waals surface area contributed by atoms with E-state index in [2.05, 4.69) is 4.72 Å². The Morgan fingerprint density at radius 1 is 1.14 bits per heavy atom. The summed E-state index contributed by atoms with van der Waals surface area (Å²) < 4.78 is 46.9. The fourth-order valence-corrected chi connectivity index (χ4v) is 4.26. The van der Waals surface area contributed by atoms with E-state index in [1.807, 2.05) is 13.8 Å². The molecule has 1 saturated heterocycles. The number of benzene rings is 2. The summed E-state index contributed by atoms with van der Waals surface area (Å²) in [7, 11) is -3.97. The zero-order chi connectivity index (χ0) is 20.5. The Hall–Kier alpha value is -2.45. The van der Waals surface area contributed by atoms with E-state index in [1.54, 1.807) is 30.0 Å². The van der Waals surface area contributed by atoms with Crippen LogP contribution in [-0.4, -0.2) is 44.5 Å². The van der Waals surface area contributed by atoms with E-state index in [0.717, 1.165) is 6.07 Å². The molecule has 3 rings (SSSR count). The first-order chi connectivity index (χ1) is 13.2. The molecule has 1 amide bonds. The molecule has 0 aromatic heterocycles. The fraction of sp³-hybridized carbons (Fsp3) is 0.350. The van der Waals surface area contributed by atoms with Gasteiger partial charge in [0.2, 0.25) is 0 Å². The highest BCUT2D eigenvalue weighted by atomic mass is 32.2. The molecule has 0 bridgehead atoms. The number of amides is 1. The molecule has 2 atom stereocenters. The molecular formula is C20H23FN2O4S. The van der Waals surface area contributed by atoms with Gasteiger partial charge in [-0.1, -0.05) is 12.1 Å². The summed E-state index contributed by atoms with van der Waals surface area (Å²) in [6, 6.07) is 9.99. The lowest BCUT2D eigenvalue weighted by Crippen LogP contribution is -2.48. The van der Waals surface area contributed by atoms with Gasteiger partial charge in [-0.05, 0) is 56.7 Å². The smallest absolute Gasteiger partial charge is 0.261 e. The average molecular weight is 406 g/mol. The maximum atomic E-state index is 13.7. The Bertz CT molecular complexity index is 983. The molecule has 0 aliphatic carbocycles. The van der Waals surface area contributed by atoms with Crippen LogP contribution < -0.4 is 4.72 Å². The number of rotatable bonds is 4. The number of carbonyl (C=O) groups is 1. The molecular weight excluding hydrogens is 383 g/mol. The molecule has 1 fully saturated rings. The fourth-order valence-electron chi connectivity index (χ4n) is 3.20. The highest BCUT2D eigenvalue weighted by Gasteiger charge is 2.27. The van der Waals surface area contributed by atoms with Crippen molar-refractivity contribution in [1.29, 1.82) is 0 Å². The molecule has 0 radical (unpaired) electrons. The van der Waals surface area contributed by atoms with Crippen LogP contribution in [0.5, 0.6) is 0 Å². The molecule has 8 heteroatoms. The first-order valence-electron chi connectivity index (χ1n) is 8.99. The minimum atomic E-state index is -3.97. The van der Waals surface area contributed by atoms with Crippen LogP contribution in [0.15, 0.2) is 47.4 Å². The molecule has 2 unspecified atom stereocenters. The number of anilines is 1. The van der Waals surface area contributed by atoms with Crippen LogP contribution in [0.2, 0.25) is 0 Å². The molecule has 1 heterocycles. The quantitative estimate of drug-likeness (QED) is 0.846. The van der Waals surface area contributed by atoms with Crippen LogP contribution >= 0.6 is 0 Å². The SMILES string of the molecule is Cc1ccc(S(=O)(=O)Nc2cccc(C(=O)N3CC(C)OC(C)C3)c2)cc1F. The third kappa shape index (κ3) is 4.51. The van der Waals surface area contributed by atoms with Gasteiger partial charge >= 0.3 is 0 Å². The van der Waals surface area contributed by atoms with Crippen molar-refractivity contribution in [3.63, 3.8) is 0 Å². The largest absolute Gasteiger partial charge is 0.372 e. The van der Waals surface area contributed by atoms with Crippen molar-refractivity contribution < 1.29 is 22.3 Å². The number of aryl methyl sites for hydroxylation is 1. The van der Waals surface area contributed by atoms with E-state index in [-0.39, 0.29) is 28.7 Å². The van der Waals surface area contributed by atoms with Crippen LogP contribution in [0.4, 0.5) is 10.1 Å². The van der Waals surface area contributed by atoms with Crippen LogP contribution in [0.1, 0.15) is 29.8 Å². The normalized spacial score (nSPS) is 20.1. The second-order valence-electron chi connectivity index (χ2n) is 7.06. The minimum Gasteiger partial charge on any atom is -0.372 e. The number of sulfonamides is 1. The molecule has 1 aliphatic heterocycles. The van der Waals surface area contributed by atoms with E-state index in [4.69, 9.17) is 4.74 Å². The Kier molecular flexibility index (Phi) is 5.71. The van der Waals surface area contributed by atoms with Crippen LogP contribution in [0.3, 0.4) is 0 Å². The molecule has 0 spiro atoms. The lowest BCUT2D eigenvalue weighted by molar-refractivity contribution is -0.0586. The first-order valence-corrected chi connectivity index (χ1v) is 10.5. The van der Waals surface area contributed by atoms with Gasteiger partial charge in [-0.25, -0.2) is 12.8 Å². The van der Waals surface area contributed by atoms with Gasteiger partial charge in [-0.15, -0.1) is 0 Å². The minimum absolute atomic E-state index is 0.0641. The van der Waals surface area contributed by atoms with E-state index < -0.39 is 15.8 Å². The number of hydrogen-bond acceptors (Lipinski definition) is 4. The molecule has 0 saturated carbocycles. The number of nitrogens with zero attached hydrogens (tertiary/aromatic N) is 1. The van der Waals surface area contributed by atoms with Crippen molar-refractivity contribution in [2.24, 2.45) is 0 Å². The highest BCUT2D eigenvalue weighted by Crippen LogP contribution is 2.21. The second kappa shape index (κ2) is 7.89. The van der Waals surface area contributed by atoms with Crippen molar-refractivity contribution in [1.82, 2.24) is 4.90 Å². The summed E-state index contributed by atoms with van der Waals surface area (Å²) in [4.78, 5) is 14.3. The predicted molar refractivity (Wildman–Crippen MR) is 104 cm³/mol. The van der Waals surface area contributed by atoms with Gasteiger partial charge in [-0.2, -0.15) is 0 Å². The summed E-state index contributed by atoms with van der Waals surface area (Å²) in [5.74, 6) is -0.785. The van der Waals surface area contributed by atoms with Crippen LogP contribution in [0, 0.1) is 12.7 Å². The molecule has 1 N–H and O–H groups in total. The third-order valence-corrected chi connectivity index (χ3v) is 5.90. The highest BCUT2D eigenvalue weighted by molar-refractivity contribution is 7.92. The monoisotopic (exact) mass is 406 g/mol. The van der Waals surface area contributed by atoms with Gasteiger partial charge in [-0.3, -0.25) is 9.52 Å². The van der Waals surface area contributed by atoms with Crippen molar-refractivity contribution in [2.45, 2.75) is 37.9 Å². The third-order valence-electron chi connectivity index (χ3n) is 4.52.